The van der Waals surface area contributed by atoms with Gasteiger partial charge in [0.1, 0.15) is 0 Å². The molecule has 96 valence electrons. The van der Waals surface area contributed by atoms with E-state index >= 15 is 0 Å². The Balaban J connectivity index is 2.02. The van der Waals surface area contributed by atoms with Crippen LogP contribution in [0.25, 0.3) is 0 Å². The summed E-state index contributed by atoms with van der Waals surface area (Å²) >= 11 is 12.1. The number of halogens is 2. The van der Waals surface area contributed by atoms with Gasteiger partial charge in [-0.25, -0.2) is 0 Å². The van der Waals surface area contributed by atoms with Gasteiger partial charge in [0, 0.05) is 11.1 Å². The van der Waals surface area contributed by atoms with Gasteiger partial charge in [-0.3, -0.25) is 4.79 Å². The van der Waals surface area contributed by atoms with Gasteiger partial charge in [-0.1, -0.05) is 41.4 Å². The van der Waals surface area contributed by atoms with Gasteiger partial charge in [-0.15, -0.1) is 0 Å². The molecule has 2 aromatic carbocycles. The molecule has 0 saturated heterocycles. The minimum Gasteiger partial charge on any atom is -0.289 e. The predicted octanol–water partition coefficient (Wildman–Crippen LogP) is 4.71. The highest BCUT2D eigenvalue weighted by atomic mass is 35.5. The third-order valence-electron chi connectivity index (χ3n) is 3.56. The number of rotatable bonds is 2. The van der Waals surface area contributed by atoms with Crippen LogP contribution in [0.2, 0.25) is 10.0 Å². The summed E-state index contributed by atoms with van der Waals surface area (Å²) in [5.41, 5.74) is 3.79. The quantitative estimate of drug-likeness (QED) is 0.732. The molecule has 0 amide bonds. The molecule has 0 N–H and O–H groups in total. The molecule has 2 aromatic rings. The maximum absolute atomic E-state index is 12.5. The number of ketones is 1. The zero-order chi connectivity index (χ0) is 13.4. The average molecular weight is 291 g/mol. The second kappa shape index (κ2) is 4.99. The number of benzene rings is 2. The third kappa shape index (κ3) is 2.29. The summed E-state index contributed by atoms with van der Waals surface area (Å²) in [4.78, 5) is 12.5. The molecule has 0 bridgehead atoms. The summed E-state index contributed by atoms with van der Waals surface area (Å²) in [7, 11) is 0. The first kappa shape index (κ1) is 12.7. The number of carbonyl (C=O) groups excluding carboxylic acids is 1. The first-order valence-corrected chi connectivity index (χ1v) is 7.03. The van der Waals surface area contributed by atoms with Gasteiger partial charge in [0.15, 0.2) is 5.78 Å². The van der Waals surface area contributed by atoms with Crippen LogP contribution in [0.1, 0.15) is 33.5 Å². The lowest BCUT2D eigenvalue weighted by molar-refractivity contribution is 0.103. The minimum atomic E-state index is -0.0674. The molecule has 0 heterocycles. The lowest BCUT2D eigenvalue weighted by Crippen LogP contribution is -2.03. The Morgan fingerprint density at radius 2 is 1.79 bits per heavy atom. The molecule has 3 heteroatoms. The molecule has 0 unspecified atom stereocenters. The van der Waals surface area contributed by atoms with E-state index in [4.69, 9.17) is 23.2 Å². The molecule has 3 rings (SSSR count). The van der Waals surface area contributed by atoms with Crippen molar-refractivity contribution in [2.45, 2.75) is 19.3 Å². The van der Waals surface area contributed by atoms with Crippen molar-refractivity contribution in [3.63, 3.8) is 0 Å². The minimum absolute atomic E-state index is 0.0674. The van der Waals surface area contributed by atoms with E-state index in [-0.39, 0.29) is 5.78 Å². The smallest absolute Gasteiger partial charge is 0.194 e. The number of aryl methyl sites for hydroxylation is 2. The Bertz CT molecular complexity index is 662. The SMILES string of the molecule is O=C(c1ccc2c(c1)CCC2)c1cccc(Cl)c1Cl. The van der Waals surface area contributed by atoms with Gasteiger partial charge in [0.05, 0.1) is 10.0 Å². The van der Waals surface area contributed by atoms with E-state index in [1.807, 2.05) is 18.2 Å². The zero-order valence-corrected chi connectivity index (χ0v) is 11.8. The van der Waals surface area contributed by atoms with Gasteiger partial charge in [-0.2, -0.15) is 0 Å². The van der Waals surface area contributed by atoms with Crippen molar-refractivity contribution in [1.29, 1.82) is 0 Å². The second-order valence-electron chi connectivity index (χ2n) is 4.77. The number of hydrogen-bond donors (Lipinski definition) is 0. The van der Waals surface area contributed by atoms with Gasteiger partial charge in [-0.05, 0) is 48.6 Å². The van der Waals surface area contributed by atoms with E-state index in [1.165, 1.54) is 17.5 Å². The number of carbonyl (C=O) groups is 1. The summed E-state index contributed by atoms with van der Waals surface area (Å²) in [6.45, 7) is 0. The van der Waals surface area contributed by atoms with Crippen molar-refractivity contribution in [3.8, 4) is 0 Å². The number of fused-ring (bicyclic) bond motifs is 1. The van der Waals surface area contributed by atoms with Gasteiger partial charge in [0.2, 0.25) is 0 Å². The molecule has 19 heavy (non-hydrogen) atoms. The molecule has 0 aromatic heterocycles. The first-order chi connectivity index (χ1) is 9.16. The Morgan fingerprint density at radius 1 is 1.00 bits per heavy atom. The summed E-state index contributed by atoms with van der Waals surface area (Å²) in [6.07, 6.45) is 3.34. The van der Waals surface area contributed by atoms with E-state index in [0.717, 1.165) is 12.8 Å². The maximum Gasteiger partial charge on any atom is 0.194 e. The van der Waals surface area contributed by atoms with Crippen molar-refractivity contribution < 1.29 is 4.79 Å². The molecule has 0 spiro atoms. The molecule has 0 aliphatic heterocycles. The van der Waals surface area contributed by atoms with Crippen LogP contribution in [0.4, 0.5) is 0 Å². The largest absolute Gasteiger partial charge is 0.289 e. The van der Waals surface area contributed by atoms with E-state index in [0.29, 0.717) is 21.2 Å². The normalized spacial score (nSPS) is 13.4. The van der Waals surface area contributed by atoms with Crippen molar-refractivity contribution in [2.75, 3.05) is 0 Å². The third-order valence-corrected chi connectivity index (χ3v) is 4.38. The first-order valence-electron chi connectivity index (χ1n) is 6.27. The van der Waals surface area contributed by atoms with Gasteiger partial charge >= 0.3 is 0 Å². The number of hydrogen-bond acceptors (Lipinski definition) is 1. The standard InChI is InChI=1S/C16H12Cl2O/c17-14-6-2-5-13(15(14)18)16(19)12-8-7-10-3-1-4-11(10)9-12/h2,5-9H,1,3-4H2. The van der Waals surface area contributed by atoms with Crippen LogP contribution in [0.15, 0.2) is 36.4 Å². The van der Waals surface area contributed by atoms with Crippen LogP contribution in [-0.2, 0) is 12.8 Å². The van der Waals surface area contributed by atoms with Crippen LogP contribution in [0, 0.1) is 0 Å². The van der Waals surface area contributed by atoms with Crippen molar-refractivity contribution in [1.82, 2.24) is 0 Å². The summed E-state index contributed by atoms with van der Waals surface area (Å²) < 4.78 is 0. The zero-order valence-electron chi connectivity index (χ0n) is 10.2. The molecule has 1 aliphatic rings. The Morgan fingerprint density at radius 3 is 2.63 bits per heavy atom. The van der Waals surface area contributed by atoms with Crippen molar-refractivity contribution in [3.05, 3.63) is 68.7 Å². The molecule has 1 aliphatic carbocycles. The predicted molar refractivity (Wildman–Crippen MR) is 78.4 cm³/mol. The monoisotopic (exact) mass is 290 g/mol. The van der Waals surface area contributed by atoms with Crippen LogP contribution < -0.4 is 0 Å². The second-order valence-corrected chi connectivity index (χ2v) is 5.55. The van der Waals surface area contributed by atoms with Crippen molar-refractivity contribution in [2.24, 2.45) is 0 Å². The Hall–Kier alpha value is -1.31. The fraction of sp³-hybridized carbons (Fsp3) is 0.188. The molecule has 0 atom stereocenters. The van der Waals surface area contributed by atoms with Crippen LogP contribution in [0.3, 0.4) is 0 Å². The van der Waals surface area contributed by atoms with Gasteiger partial charge < -0.3 is 0 Å². The molecule has 0 fully saturated rings. The highest BCUT2D eigenvalue weighted by Gasteiger charge is 2.17. The van der Waals surface area contributed by atoms with E-state index in [2.05, 4.69) is 0 Å². The lowest BCUT2D eigenvalue weighted by atomic mass is 9.99. The lowest BCUT2D eigenvalue weighted by Gasteiger charge is -2.07. The van der Waals surface area contributed by atoms with Gasteiger partial charge in [0.25, 0.3) is 0 Å². The summed E-state index contributed by atoms with van der Waals surface area (Å²) in [5, 5.41) is 0.739. The molecule has 0 radical (unpaired) electrons. The molecular weight excluding hydrogens is 279 g/mol. The topological polar surface area (TPSA) is 17.1 Å². The van der Waals surface area contributed by atoms with E-state index in [1.54, 1.807) is 18.2 Å². The van der Waals surface area contributed by atoms with Crippen LogP contribution in [-0.4, -0.2) is 5.78 Å². The maximum atomic E-state index is 12.5. The van der Waals surface area contributed by atoms with Crippen molar-refractivity contribution >= 4 is 29.0 Å². The van der Waals surface area contributed by atoms with E-state index in [9.17, 15) is 4.79 Å². The fourth-order valence-electron chi connectivity index (χ4n) is 2.55. The van der Waals surface area contributed by atoms with E-state index < -0.39 is 0 Å². The molecular formula is C16H12Cl2O. The summed E-state index contributed by atoms with van der Waals surface area (Å²) in [5.74, 6) is -0.0674. The highest BCUT2D eigenvalue weighted by molar-refractivity contribution is 6.44. The molecule has 1 nitrogen and oxygen atoms in total. The molecule has 0 saturated carbocycles. The Labute approximate surface area is 122 Å². The highest BCUT2D eigenvalue weighted by Crippen LogP contribution is 2.29. The Kier molecular flexibility index (Phi) is 3.34. The summed E-state index contributed by atoms with van der Waals surface area (Å²) in [6, 6.07) is 11.1. The van der Waals surface area contributed by atoms with Crippen LogP contribution >= 0.6 is 23.2 Å². The van der Waals surface area contributed by atoms with Crippen LogP contribution in [0.5, 0.6) is 0 Å². The fourth-order valence-corrected chi connectivity index (χ4v) is 2.93. The average Bonchev–Trinajstić information content (AvgIpc) is 2.88.